The van der Waals surface area contributed by atoms with Gasteiger partial charge >= 0.3 is 17.9 Å². The van der Waals surface area contributed by atoms with Crippen LogP contribution >= 0.6 is 0 Å². The molecule has 70 heavy (non-hydrogen) atoms. The highest BCUT2D eigenvalue weighted by atomic mass is 16.6. The van der Waals surface area contributed by atoms with Crippen LogP contribution in [0.5, 0.6) is 0 Å². The minimum atomic E-state index is -0.852. The Bertz CT molecular complexity index is 1620. The standard InChI is InChI=1S/C64H98O6/c1-4-7-10-13-16-19-22-25-28-30-31-32-33-34-37-39-42-45-48-51-54-57-63(66)69-60-61(59-68-62(65)56-53-50-47-44-41-38-35-27-24-21-18-15-12-9-6-3)70-64(67)58-55-52-49-46-43-40-36-29-26-23-20-17-14-11-8-5-2/h7,9-10,12,16,18-21,23,25,27-29,31-32,34-37,41-42,44-45,50,53,61H,4-6,8,11,13-15,17,22,24,26,30,33,38-40,43,46-49,51-52,54-60H2,1-3H3/b10-7-,12-9-,19-16-,21-18-,23-20-,28-25-,32-31-,35-27-,36-29-,37-34-,44-41-,45-42-,53-50-. The number of hydrogen-bond acceptors (Lipinski definition) is 6. The molecule has 0 aromatic heterocycles. The average molecular weight is 963 g/mol. The molecule has 0 aliphatic rings. The van der Waals surface area contributed by atoms with E-state index in [1.165, 1.54) is 32.1 Å². The second-order valence-corrected chi connectivity index (χ2v) is 17.4. The molecule has 0 fully saturated rings. The first-order chi connectivity index (χ1) is 34.5. The van der Waals surface area contributed by atoms with Crippen LogP contribution in [-0.2, 0) is 28.6 Å². The normalized spacial score (nSPS) is 13.4. The Balaban J connectivity index is 4.62. The molecule has 0 bridgehead atoms. The Kier molecular flexibility index (Phi) is 52.6. The second-order valence-electron chi connectivity index (χ2n) is 17.4. The van der Waals surface area contributed by atoms with Crippen LogP contribution in [0.2, 0.25) is 0 Å². The van der Waals surface area contributed by atoms with Crippen molar-refractivity contribution in [3.8, 4) is 0 Å². The van der Waals surface area contributed by atoms with Gasteiger partial charge < -0.3 is 14.2 Å². The van der Waals surface area contributed by atoms with E-state index >= 15 is 0 Å². The maximum atomic E-state index is 12.8. The van der Waals surface area contributed by atoms with Crippen molar-refractivity contribution in [1.29, 1.82) is 0 Å². The van der Waals surface area contributed by atoms with E-state index in [-0.39, 0.29) is 44.4 Å². The summed E-state index contributed by atoms with van der Waals surface area (Å²) >= 11 is 0. The van der Waals surface area contributed by atoms with Gasteiger partial charge in [0.15, 0.2) is 6.10 Å². The zero-order valence-electron chi connectivity index (χ0n) is 44.5. The maximum Gasteiger partial charge on any atom is 0.309 e. The number of rotatable bonds is 47. The molecule has 0 spiro atoms. The van der Waals surface area contributed by atoms with Crippen LogP contribution in [0.15, 0.2) is 158 Å². The van der Waals surface area contributed by atoms with Gasteiger partial charge in [-0.05, 0) is 128 Å². The average Bonchev–Trinajstić information content (AvgIpc) is 3.36. The number of unbranched alkanes of at least 4 members (excludes halogenated alkanes) is 11. The van der Waals surface area contributed by atoms with Gasteiger partial charge in [-0.2, -0.15) is 0 Å². The molecule has 1 atom stereocenters. The predicted molar refractivity (Wildman–Crippen MR) is 302 cm³/mol. The highest BCUT2D eigenvalue weighted by Crippen LogP contribution is 2.11. The molecule has 0 heterocycles. The Labute approximate surface area is 429 Å². The van der Waals surface area contributed by atoms with Gasteiger partial charge in [-0.1, -0.05) is 217 Å². The van der Waals surface area contributed by atoms with Gasteiger partial charge in [-0.25, -0.2) is 0 Å². The van der Waals surface area contributed by atoms with Gasteiger partial charge in [0, 0.05) is 12.8 Å². The fraction of sp³-hybridized carbons (Fsp3) is 0.547. The molecule has 0 aliphatic heterocycles. The molecule has 390 valence electrons. The van der Waals surface area contributed by atoms with Crippen molar-refractivity contribution in [2.45, 2.75) is 213 Å². The van der Waals surface area contributed by atoms with E-state index in [0.717, 1.165) is 128 Å². The summed E-state index contributed by atoms with van der Waals surface area (Å²) < 4.78 is 16.7. The minimum Gasteiger partial charge on any atom is -0.462 e. The van der Waals surface area contributed by atoms with Crippen LogP contribution in [0, 0.1) is 0 Å². The zero-order chi connectivity index (χ0) is 50.7. The smallest absolute Gasteiger partial charge is 0.309 e. The Morgan fingerprint density at radius 1 is 0.314 bits per heavy atom. The van der Waals surface area contributed by atoms with Crippen molar-refractivity contribution in [1.82, 2.24) is 0 Å². The highest BCUT2D eigenvalue weighted by Gasteiger charge is 2.19. The number of esters is 3. The van der Waals surface area contributed by atoms with Crippen molar-refractivity contribution >= 4 is 17.9 Å². The summed E-state index contributed by atoms with van der Waals surface area (Å²) in [5, 5.41) is 0. The summed E-state index contributed by atoms with van der Waals surface area (Å²) in [6, 6.07) is 0. The van der Waals surface area contributed by atoms with Crippen LogP contribution in [0.25, 0.3) is 0 Å². The molecule has 0 N–H and O–H groups in total. The molecule has 0 amide bonds. The number of allylic oxidation sites excluding steroid dienone is 25. The molecule has 1 unspecified atom stereocenters. The Hall–Kier alpha value is -4.97. The Morgan fingerprint density at radius 2 is 0.614 bits per heavy atom. The van der Waals surface area contributed by atoms with Gasteiger partial charge in [-0.3, -0.25) is 14.4 Å². The summed E-state index contributed by atoms with van der Waals surface area (Å²) in [6.07, 6.45) is 82.5. The van der Waals surface area contributed by atoms with Gasteiger partial charge in [0.05, 0.1) is 6.42 Å². The van der Waals surface area contributed by atoms with E-state index < -0.39 is 12.1 Å². The first-order valence-electron chi connectivity index (χ1n) is 27.5. The molecule has 0 saturated carbocycles. The Morgan fingerprint density at radius 3 is 1.03 bits per heavy atom. The molecule has 0 rings (SSSR count). The molecule has 6 nitrogen and oxygen atoms in total. The summed E-state index contributed by atoms with van der Waals surface area (Å²) in [5.41, 5.74) is 0. The second kappa shape index (κ2) is 56.6. The number of carbonyl (C=O) groups is 3. The fourth-order valence-electron chi connectivity index (χ4n) is 6.72. The molecule has 0 radical (unpaired) electrons. The van der Waals surface area contributed by atoms with E-state index in [1.54, 1.807) is 6.08 Å². The summed E-state index contributed by atoms with van der Waals surface area (Å²) in [5.74, 6) is -1.14. The lowest BCUT2D eigenvalue weighted by Gasteiger charge is -2.18. The number of carbonyl (C=O) groups excluding carboxylic acids is 3. The first-order valence-corrected chi connectivity index (χ1v) is 27.5. The van der Waals surface area contributed by atoms with Crippen LogP contribution in [0.1, 0.15) is 207 Å². The van der Waals surface area contributed by atoms with Crippen LogP contribution in [-0.4, -0.2) is 37.2 Å². The first kappa shape index (κ1) is 65.0. The lowest BCUT2D eigenvalue weighted by atomic mass is 10.1. The third kappa shape index (κ3) is 54.0. The third-order valence-corrected chi connectivity index (χ3v) is 10.8. The van der Waals surface area contributed by atoms with Crippen molar-refractivity contribution in [3.63, 3.8) is 0 Å². The molecule has 0 aromatic rings. The van der Waals surface area contributed by atoms with Crippen molar-refractivity contribution in [2.75, 3.05) is 13.2 Å². The molecular formula is C64H98O6. The zero-order valence-corrected chi connectivity index (χ0v) is 44.5. The summed E-state index contributed by atoms with van der Waals surface area (Å²) in [6.45, 7) is 6.23. The van der Waals surface area contributed by atoms with Crippen molar-refractivity contribution in [2.24, 2.45) is 0 Å². The lowest BCUT2D eigenvalue weighted by molar-refractivity contribution is -0.166. The summed E-state index contributed by atoms with van der Waals surface area (Å²) in [7, 11) is 0. The van der Waals surface area contributed by atoms with Crippen LogP contribution in [0.4, 0.5) is 0 Å². The van der Waals surface area contributed by atoms with Gasteiger partial charge in [-0.15, -0.1) is 0 Å². The van der Waals surface area contributed by atoms with Gasteiger partial charge in [0.2, 0.25) is 0 Å². The topological polar surface area (TPSA) is 78.9 Å². The summed E-state index contributed by atoms with van der Waals surface area (Å²) in [4.78, 5) is 38.0. The van der Waals surface area contributed by atoms with Crippen LogP contribution < -0.4 is 0 Å². The largest absolute Gasteiger partial charge is 0.462 e. The fourth-order valence-corrected chi connectivity index (χ4v) is 6.72. The third-order valence-electron chi connectivity index (χ3n) is 10.8. The predicted octanol–water partition coefficient (Wildman–Crippen LogP) is 18.6. The quantitative estimate of drug-likeness (QED) is 0.0262. The molecule has 0 aliphatic carbocycles. The maximum absolute atomic E-state index is 12.8. The number of hydrogen-bond donors (Lipinski definition) is 0. The van der Waals surface area contributed by atoms with E-state index in [0.29, 0.717) is 6.42 Å². The molecule has 0 saturated heterocycles. The van der Waals surface area contributed by atoms with E-state index in [9.17, 15) is 14.4 Å². The molecule has 6 heteroatoms. The van der Waals surface area contributed by atoms with E-state index in [4.69, 9.17) is 14.2 Å². The monoisotopic (exact) mass is 963 g/mol. The molecule has 0 aromatic carbocycles. The van der Waals surface area contributed by atoms with Crippen molar-refractivity contribution < 1.29 is 28.6 Å². The molecular weight excluding hydrogens is 865 g/mol. The van der Waals surface area contributed by atoms with Gasteiger partial charge in [0.25, 0.3) is 0 Å². The van der Waals surface area contributed by atoms with Gasteiger partial charge in [0.1, 0.15) is 13.2 Å². The lowest BCUT2D eigenvalue weighted by Crippen LogP contribution is -2.30. The minimum absolute atomic E-state index is 0.108. The number of ether oxygens (including phenoxy) is 3. The van der Waals surface area contributed by atoms with E-state index in [2.05, 4.69) is 167 Å². The van der Waals surface area contributed by atoms with E-state index in [1.807, 2.05) is 6.08 Å². The van der Waals surface area contributed by atoms with Crippen molar-refractivity contribution in [3.05, 3.63) is 158 Å². The highest BCUT2D eigenvalue weighted by molar-refractivity contribution is 5.72. The van der Waals surface area contributed by atoms with Crippen LogP contribution in [0.3, 0.4) is 0 Å². The SMILES string of the molecule is CC/C=C\C/C=C\C/C=C\C/C=C\C/C=C\C/C=C\CCCCC(=O)OCC(COC(=O)C/C=C\C/C=C\C/C=C\C/C=C\C/C=C\CC)OC(=O)CCCCCCC/C=C\C/C=C\CCCCCC.